The fraction of sp³-hybridized carbons (Fsp3) is 0.471. The van der Waals surface area contributed by atoms with Crippen molar-refractivity contribution in [2.24, 2.45) is 5.41 Å². The summed E-state index contributed by atoms with van der Waals surface area (Å²) in [5.41, 5.74) is 1.44. The SMILES string of the molecule is COC(=O)C(C)(C)CCN1CCc2ccc(C=O)cc2C1=O. The summed E-state index contributed by atoms with van der Waals surface area (Å²) < 4.78 is 4.79. The van der Waals surface area contributed by atoms with Crippen LogP contribution in [-0.4, -0.2) is 43.3 Å². The molecule has 1 aliphatic rings. The van der Waals surface area contributed by atoms with Crippen molar-refractivity contribution in [1.29, 1.82) is 0 Å². The average Bonchev–Trinajstić information content (AvgIpc) is 2.53. The Labute approximate surface area is 130 Å². The van der Waals surface area contributed by atoms with Crippen LogP contribution in [0.5, 0.6) is 0 Å². The summed E-state index contributed by atoms with van der Waals surface area (Å²) in [6, 6.07) is 5.21. The molecule has 1 heterocycles. The molecule has 1 amide bonds. The van der Waals surface area contributed by atoms with E-state index in [1.165, 1.54) is 7.11 Å². The van der Waals surface area contributed by atoms with Crippen LogP contribution in [0.1, 0.15) is 46.5 Å². The van der Waals surface area contributed by atoms with E-state index < -0.39 is 5.41 Å². The number of carbonyl (C=O) groups is 3. The van der Waals surface area contributed by atoms with E-state index in [4.69, 9.17) is 4.74 Å². The highest BCUT2D eigenvalue weighted by Gasteiger charge is 2.31. The van der Waals surface area contributed by atoms with Gasteiger partial charge in [-0.3, -0.25) is 14.4 Å². The second-order valence-electron chi connectivity index (χ2n) is 6.20. The number of hydrogen-bond acceptors (Lipinski definition) is 4. The molecule has 1 aliphatic heterocycles. The molecular weight excluding hydrogens is 282 g/mol. The van der Waals surface area contributed by atoms with Crippen LogP contribution in [0.3, 0.4) is 0 Å². The fourth-order valence-corrected chi connectivity index (χ4v) is 2.62. The molecule has 0 aliphatic carbocycles. The summed E-state index contributed by atoms with van der Waals surface area (Å²) >= 11 is 0. The summed E-state index contributed by atoms with van der Waals surface area (Å²) in [5, 5.41) is 0. The van der Waals surface area contributed by atoms with Crippen LogP contribution in [0.25, 0.3) is 0 Å². The molecule has 2 rings (SSSR count). The number of aldehydes is 1. The van der Waals surface area contributed by atoms with Crippen LogP contribution in [0.4, 0.5) is 0 Å². The van der Waals surface area contributed by atoms with E-state index in [1.807, 2.05) is 19.9 Å². The Hall–Kier alpha value is -2.17. The molecule has 0 fully saturated rings. The lowest BCUT2D eigenvalue weighted by molar-refractivity contribution is -0.151. The van der Waals surface area contributed by atoms with Crippen molar-refractivity contribution in [3.63, 3.8) is 0 Å². The molecule has 0 saturated heterocycles. The topological polar surface area (TPSA) is 63.7 Å². The monoisotopic (exact) mass is 303 g/mol. The average molecular weight is 303 g/mol. The number of benzene rings is 1. The van der Waals surface area contributed by atoms with Crippen LogP contribution >= 0.6 is 0 Å². The minimum Gasteiger partial charge on any atom is -0.469 e. The zero-order valence-electron chi connectivity index (χ0n) is 13.2. The fourth-order valence-electron chi connectivity index (χ4n) is 2.62. The van der Waals surface area contributed by atoms with Crippen molar-refractivity contribution in [2.45, 2.75) is 26.7 Å². The van der Waals surface area contributed by atoms with Gasteiger partial charge in [0.25, 0.3) is 5.91 Å². The van der Waals surface area contributed by atoms with E-state index in [0.29, 0.717) is 30.6 Å². The van der Waals surface area contributed by atoms with Gasteiger partial charge in [0, 0.05) is 24.2 Å². The number of fused-ring (bicyclic) bond motifs is 1. The number of methoxy groups -OCH3 is 1. The molecule has 22 heavy (non-hydrogen) atoms. The highest BCUT2D eigenvalue weighted by Crippen LogP contribution is 2.25. The molecule has 0 radical (unpaired) electrons. The Morgan fingerprint density at radius 1 is 1.41 bits per heavy atom. The number of hydrogen-bond donors (Lipinski definition) is 0. The maximum Gasteiger partial charge on any atom is 0.311 e. The van der Waals surface area contributed by atoms with E-state index in [9.17, 15) is 14.4 Å². The third-order valence-electron chi connectivity index (χ3n) is 4.18. The summed E-state index contributed by atoms with van der Waals surface area (Å²) in [4.78, 5) is 36.8. The van der Waals surface area contributed by atoms with E-state index in [1.54, 1.807) is 17.0 Å². The maximum atomic E-state index is 12.5. The Kier molecular flexibility index (Phi) is 4.64. The molecule has 5 heteroatoms. The number of ether oxygens (including phenoxy) is 1. The van der Waals surface area contributed by atoms with Crippen molar-refractivity contribution < 1.29 is 19.1 Å². The lowest BCUT2D eigenvalue weighted by atomic mass is 9.88. The van der Waals surface area contributed by atoms with Crippen molar-refractivity contribution in [1.82, 2.24) is 4.90 Å². The quantitative estimate of drug-likeness (QED) is 0.617. The number of carbonyl (C=O) groups excluding carboxylic acids is 3. The van der Waals surface area contributed by atoms with E-state index in [-0.39, 0.29) is 11.9 Å². The second-order valence-corrected chi connectivity index (χ2v) is 6.20. The smallest absolute Gasteiger partial charge is 0.311 e. The van der Waals surface area contributed by atoms with Crippen molar-refractivity contribution in [3.05, 3.63) is 34.9 Å². The van der Waals surface area contributed by atoms with Crippen molar-refractivity contribution >= 4 is 18.2 Å². The van der Waals surface area contributed by atoms with Crippen LogP contribution < -0.4 is 0 Å². The van der Waals surface area contributed by atoms with Gasteiger partial charge in [0.15, 0.2) is 0 Å². The van der Waals surface area contributed by atoms with E-state index in [0.717, 1.165) is 18.3 Å². The highest BCUT2D eigenvalue weighted by atomic mass is 16.5. The predicted molar refractivity (Wildman–Crippen MR) is 81.9 cm³/mol. The molecule has 0 unspecified atom stereocenters. The summed E-state index contributed by atoms with van der Waals surface area (Å²) in [6.07, 6.45) is 2.04. The molecule has 118 valence electrons. The van der Waals surface area contributed by atoms with Crippen LogP contribution in [0, 0.1) is 5.41 Å². The predicted octanol–water partition coefficient (Wildman–Crippen LogP) is 2.09. The molecule has 1 aromatic rings. The van der Waals surface area contributed by atoms with Gasteiger partial charge in [-0.1, -0.05) is 12.1 Å². The zero-order valence-corrected chi connectivity index (χ0v) is 13.2. The number of esters is 1. The van der Waals surface area contributed by atoms with Gasteiger partial charge >= 0.3 is 5.97 Å². The van der Waals surface area contributed by atoms with Gasteiger partial charge in [0.1, 0.15) is 6.29 Å². The normalized spacial score (nSPS) is 14.5. The van der Waals surface area contributed by atoms with Gasteiger partial charge in [0.2, 0.25) is 0 Å². The first-order valence-electron chi connectivity index (χ1n) is 7.35. The second kappa shape index (κ2) is 6.30. The standard InChI is InChI=1S/C17H21NO4/c1-17(2,16(21)22-3)7-9-18-8-6-13-5-4-12(11-19)10-14(13)15(18)20/h4-5,10-11H,6-9H2,1-3H3. The molecule has 0 spiro atoms. The molecule has 0 bridgehead atoms. The molecule has 0 N–H and O–H groups in total. The Morgan fingerprint density at radius 3 is 2.77 bits per heavy atom. The van der Waals surface area contributed by atoms with Crippen LogP contribution in [-0.2, 0) is 16.0 Å². The zero-order chi connectivity index (χ0) is 16.3. The van der Waals surface area contributed by atoms with Gasteiger partial charge in [-0.25, -0.2) is 0 Å². The number of rotatable bonds is 5. The molecule has 0 atom stereocenters. The van der Waals surface area contributed by atoms with E-state index >= 15 is 0 Å². The third-order valence-corrected chi connectivity index (χ3v) is 4.18. The lowest BCUT2D eigenvalue weighted by Crippen LogP contribution is -2.40. The summed E-state index contributed by atoms with van der Waals surface area (Å²) in [6.45, 7) is 4.74. The van der Waals surface area contributed by atoms with Gasteiger partial charge in [-0.15, -0.1) is 0 Å². The van der Waals surface area contributed by atoms with Crippen LogP contribution in [0.2, 0.25) is 0 Å². The van der Waals surface area contributed by atoms with Gasteiger partial charge < -0.3 is 9.64 Å². The van der Waals surface area contributed by atoms with Crippen molar-refractivity contribution in [2.75, 3.05) is 20.2 Å². The Morgan fingerprint density at radius 2 is 2.14 bits per heavy atom. The minimum absolute atomic E-state index is 0.0781. The molecular formula is C17H21NO4. The molecule has 5 nitrogen and oxygen atoms in total. The lowest BCUT2D eigenvalue weighted by Gasteiger charge is -2.31. The van der Waals surface area contributed by atoms with Gasteiger partial charge in [-0.2, -0.15) is 0 Å². The van der Waals surface area contributed by atoms with E-state index in [2.05, 4.69) is 0 Å². The third kappa shape index (κ3) is 3.18. The number of nitrogens with zero attached hydrogens (tertiary/aromatic N) is 1. The van der Waals surface area contributed by atoms with Crippen molar-refractivity contribution in [3.8, 4) is 0 Å². The first kappa shape index (κ1) is 16.2. The Balaban J connectivity index is 2.10. The molecule has 0 aromatic heterocycles. The molecule has 0 saturated carbocycles. The molecule has 1 aromatic carbocycles. The summed E-state index contributed by atoms with van der Waals surface area (Å²) in [7, 11) is 1.37. The summed E-state index contributed by atoms with van der Waals surface area (Å²) in [5.74, 6) is -0.355. The maximum absolute atomic E-state index is 12.5. The number of amides is 1. The van der Waals surface area contributed by atoms with Gasteiger partial charge in [-0.05, 0) is 38.3 Å². The van der Waals surface area contributed by atoms with Crippen LogP contribution in [0.15, 0.2) is 18.2 Å². The Bertz CT molecular complexity index is 607. The first-order chi connectivity index (χ1) is 10.4. The first-order valence-corrected chi connectivity index (χ1v) is 7.35. The van der Waals surface area contributed by atoms with Gasteiger partial charge in [0.05, 0.1) is 12.5 Å². The largest absolute Gasteiger partial charge is 0.469 e. The minimum atomic E-state index is -0.625. The highest BCUT2D eigenvalue weighted by molar-refractivity contribution is 5.98.